The molecule has 3 aromatic carbocycles. The molecule has 0 saturated heterocycles. The molecule has 0 radical (unpaired) electrons. The summed E-state index contributed by atoms with van der Waals surface area (Å²) in [5.74, 6) is -0.727. The van der Waals surface area contributed by atoms with Gasteiger partial charge in [0, 0.05) is 20.0 Å². The molecule has 0 atom stereocenters. The Morgan fingerprint density at radius 1 is 0.875 bits per heavy atom. The fourth-order valence-corrected chi connectivity index (χ4v) is 4.63. The Balaban J connectivity index is 1.82. The third-order valence-electron chi connectivity index (χ3n) is 4.87. The first-order chi connectivity index (χ1) is 15.3. The molecule has 8 heteroatoms. The van der Waals surface area contributed by atoms with Crippen LogP contribution in [0.2, 0.25) is 0 Å². The molecule has 3 rings (SSSR count). The minimum atomic E-state index is -3.88. The van der Waals surface area contributed by atoms with Crippen LogP contribution in [0.5, 0.6) is 0 Å². The molecule has 0 aliphatic heterocycles. The van der Waals surface area contributed by atoms with E-state index in [1.165, 1.54) is 11.4 Å². The summed E-state index contributed by atoms with van der Waals surface area (Å²) in [6, 6.07) is 21.9. The molecule has 0 aliphatic carbocycles. The van der Waals surface area contributed by atoms with Crippen molar-refractivity contribution in [2.45, 2.75) is 18.2 Å². The van der Waals surface area contributed by atoms with Gasteiger partial charge in [0.25, 0.3) is 15.9 Å². The van der Waals surface area contributed by atoms with E-state index < -0.39 is 15.9 Å². The Labute approximate surface area is 188 Å². The lowest BCUT2D eigenvalue weighted by Crippen LogP contribution is -2.34. The summed E-state index contributed by atoms with van der Waals surface area (Å²) in [4.78, 5) is 24.8. The van der Waals surface area contributed by atoms with Crippen LogP contribution in [0.4, 0.5) is 11.4 Å². The molecule has 2 amide bonds. The van der Waals surface area contributed by atoms with Gasteiger partial charge >= 0.3 is 0 Å². The van der Waals surface area contributed by atoms with Gasteiger partial charge in [-0.05, 0) is 43.3 Å². The Morgan fingerprint density at radius 2 is 1.50 bits per heavy atom. The van der Waals surface area contributed by atoms with Crippen LogP contribution >= 0.6 is 0 Å². The van der Waals surface area contributed by atoms with E-state index in [1.54, 1.807) is 78.9 Å². The predicted molar refractivity (Wildman–Crippen MR) is 125 cm³/mol. The van der Waals surface area contributed by atoms with Crippen molar-refractivity contribution in [3.63, 3.8) is 0 Å². The van der Waals surface area contributed by atoms with Crippen molar-refractivity contribution in [3.05, 3.63) is 90.0 Å². The molecule has 166 valence electrons. The number of nitrogens with one attached hydrogen (secondary N) is 2. The lowest BCUT2D eigenvalue weighted by Gasteiger charge is -2.24. The Morgan fingerprint density at radius 3 is 2.16 bits per heavy atom. The Hall–Kier alpha value is -3.65. The van der Waals surface area contributed by atoms with Crippen molar-refractivity contribution in [2.75, 3.05) is 23.2 Å². The number of hydrogen-bond donors (Lipinski definition) is 2. The van der Waals surface area contributed by atoms with E-state index in [-0.39, 0.29) is 23.8 Å². The number of para-hydroxylation sites is 2. The smallest absolute Gasteiger partial charge is 0.264 e. The zero-order valence-electron chi connectivity index (χ0n) is 17.9. The topological polar surface area (TPSA) is 95.6 Å². The van der Waals surface area contributed by atoms with Crippen molar-refractivity contribution < 1.29 is 18.0 Å². The number of amides is 2. The fourth-order valence-electron chi connectivity index (χ4n) is 3.16. The summed E-state index contributed by atoms with van der Waals surface area (Å²) in [5.41, 5.74) is 2.11. The number of hydrogen-bond acceptors (Lipinski definition) is 4. The SMILES string of the molecule is CNC(=O)c1ccccc1NC(=O)CCN(c1ccccc1)S(=O)(=O)c1ccc(C)cc1. The van der Waals surface area contributed by atoms with Gasteiger partial charge in [-0.15, -0.1) is 0 Å². The summed E-state index contributed by atoms with van der Waals surface area (Å²) in [5, 5.41) is 5.24. The van der Waals surface area contributed by atoms with Crippen molar-refractivity contribution in [2.24, 2.45) is 0 Å². The first-order valence-corrected chi connectivity index (χ1v) is 11.5. The third kappa shape index (κ3) is 5.33. The number of carbonyl (C=O) groups excluding carboxylic acids is 2. The lowest BCUT2D eigenvalue weighted by molar-refractivity contribution is -0.116. The minimum Gasteiger partial charge on any atom is -0.355 e. The molecule has 3 aromatic rings. The van der Waals surface area contributed by atoms with E-state index in [1.807, 2.05) is 6.92 Å². The van der Waals surface area contributed by atoms with Gasteiger partial charge in [-0.2, -0.15) is 0 Å². The average Bonchev–Trinajstić information content (AvgIpc) is 2.80. The second-order valence-electron chi connectivity index (χ2n) is 7.15. The van der Waals surface area contributed by atoms with Crippen molar-refractivity contribution >= 4 is 33.2 Å². The fraction of sp³-hybridized carbons (Fsp3) is 0.167. The van der Waals surface area contributed by atoms with Gasteiger partial charge in [-0.1, -0.05) is 48.0 Å². The standard InChI is InChI=1S/C24H25N3O4S/c1-18-12-14-20(15-13-18)32(30,31)27(19-8-4-3-5-9-19)17-16-23(28)26-22-11-7-6-10-21(22)24(29)25-2/h3-15H,16-17H2,1-2H3,(H,25,29)(H,26,28). The van der Waals surface area contributed by atoms with Crippen molar-refractivity contribution in [3.8, 4) is 0 Å². The lowest BCUT2D eigenvalue weighted by atomic mass is 10.1. The van der Waals surface area contributed by atoms with Crippen LogP contribution in [0.25, 0.3) is 0 Å². The molecular weight excluding hydrogens is 426 g/mol. The van der Waals surface area contributed by atoms with Crippen molar-refractivity contribution in [1.82, 2.24) is 5.32 Å². The van der Waals surface area contributed by atoms with E-state index in [9.17, 15) is 18.0 Å². The predicted octanol–water partition coefficient (Wildman–Crippen LogP) is 3.58. The summed E-state index contributed by atoms with van der Waals surface area (Å²) in [6.07, 6.45) is -0.0952. The van der Waals surface area contributed by atoms with E-state index in [0.717, 1.165) is 5.56 Å². The number of benzene rings is 3. The summed E-state index contributed by atoms with van der Waals surface area (Å²) >= 11 is 0. The molecule has 0 saturated carbocycles. The number of sulfonamides is 1. The van der Waals surface area contributed by atoms with Crippen LogP contribution in [0.15, 0.2) is 83.8 Å². The normalized spacial score (nSPS) is 10.9. The van der Waals surface area contributed by atoms with Crippen LogP contribution < -0.4 is 14.9 Å². The monoisotopic (exact) mass is 451 g/mol. The van der Waals surface area contributed by atoms with Gasteiger partial charge in [0.1, 0.15) is 0 Å². The van der Waals surface area contributed by atoms with Gasteiger partial charge in [-0.3, -0.25) is 13.9 Å². The highest BCUT2D eigenvalue weighted by Gasteiger charge is 2.25. The minimum absolute atomic E-state index is 0.0613. The highest BCUT2D eigenvalue weighted by molar-refractivity contribution is 7.92. The van der Waals surface area contributed by atoms with Crippen LogP contribution in [0.3, 0.4) is 0 Å². The second-order valence-corrected chi connectivity index (χ2v) is 9.01. The van der Waals surface area contributed by atoms with Crippen LogP contribution in [0.1, 0.15) is 22.3 Å². The molecule has 0 fully saturated rings. The zero-order chi connectivity index (χ0) is 23.1. The van der Waals surface area contributed by atoms with Gasteiger partial charge in [0.05, 0.1) is 21.8 Å². The maximum absolute atomic E-state index is 13.3. The average molecular weight is 452 g/mol. The molecule has 0 aliphatic rings. The Kier molecular flexibility index (Phi) is 7.27. The van der Waals surface area contributed by atoms with Crippen LogP contribution in [-0.2, 0) is 14.8 Å². The molecule has 7 nitrogen and oxygen atoms in total. The highest BCUT2D eigenvalue weighted by Crippen LogP contribution is 2.24. The summed E-state index contributed by atoms with van der Waals surface area (Å²) < 4.78 is 27.9. The molecule has 0 heterocycles. The van der Waals surface area contributed by atoms with Gasteiger partial charge in [0.2, 0.25) is 5.91 Å². The maximum atomic E-state index is 13.3. The van der Waals surface area contributed by atoms with E-state index in [4.69, 9.17) is 0 Å². The first kappa shape index (κ1) is 23.0. The first-order valence-electron chi connectivity index (χ1n) is 10.1. The number of rotatable bonds is 8. The summed E-state index contributed by atoms with van der Waals surface area (Å²) in [7, 11) is -2.37. The molecule has 32 heavy (non-hydrogen) atoms. The summed E-state index contributed by atoms with van der Waals surface area (Å²) in [6.45, 7) is 1.82. The van der Waals surface area contributed by atoms with Crippen molar-refractivity contribution in [1.29, 1.82) is 0 Å². The molecule has 0 bridgehead atoms. The quantitative estimate of drug-likeness (QED) is 0.547. The van der Waals surface area contributed by atoms with E-state index in [0.29, 0.717) is 16.9 Å². The molecule has 2 N–H and O–H groups in total. The van der Waals surface area contributed by atoms with E-state index >= 15 is 0 Å². The molecule has 0 aromatic heterocycles. The zero-order valence-corrected chi connectivity index (χ0v) is 18.7. The van der Waals surface area contributed by atoms with Gasteiger partial charge < -0.3 is 10.6 Å². The molecular formula is C24H25N3O4S. The number of carbonyl (C=O) groups is 2. The largest absolute Gasteiger partial charge is 0.355 e. The van der Waals surface area contributed by atoms with Gasteiger partial charge in [0.15, 0.2) is 0 Å². The Bertz CT molecular complexity index is 1190. The molecule has 0 unspecified atom stereocenters. The van der Waals surface area contributed by atoms with E-state index in [2.05, 4.69) is 10.6 Å². The van der Waals surface area contributed by atoms with Crippen LogP contribution in [-0.4, -0.2) is 33.8 Å². The number of nitrogens with zero attached hydrogens (tertiary/aromatic N) is 1. The molecule has 0 spiro atoms. The highest BCUT2D eigenvalue weighted by atomic mass is 32.2. The number of anilines is 2. The number of aryl methyl sites for hydroxylation is 1. The maximum Gasteiger partial charge on any atom is 0.264 e. The third-order valence-corrected chi connectivity index (χ3v) is 6.71. The van der Waals surface area contributed by atoms with Crippen LogP contribution in [0, 0.1) is 6.92 Å². The second kappa shape index (κ2) is 10.1. The van der Waals surface area contributed by atoms with Gasteiger partial charge in [-0.25, -0.2) is 8.42 Å².